The summed E-state index contributed by atoms with van der Waals surface area (Å²) in [4.78, 5) is 31.8. The van der Waals surface area contributed by atoms with Gasteiger partial charge in [0.25, 0.3) is 5.91 Å². The minimum atomic E-state index is -0.600. The van der Waals surface area contributed by atoms with Gasteiger partial charge in [-0.25, -0.2) is 4.98 Å². The molecule has 7 heteroatoms. The second kappa shape index (κ2) is 10.7. The number of nitrogens with one attached hydrogen (secondary N) is 3. The standard InChI is InChI=1S/C23H32N4O2S/c1-16(2)13-20(25-21(28)19-10-6-5-9-17(19)3)22(29)26-23-24-18(15-30-23)14-27-11-7-4-8-12-27/h5-6,9-10,15-16,20H,4,7-8,11-14H2,1-3H3,(H,25,28)(H,24,26,29)/p+1/t20-/m0/s1. The van der Waals surface area contributed by atoms with Crippen LogP contribution in [-0.2, 0) is 11.3 Å². The Bertz CT molecular complexity index is 858. The van der Waals surface area contributed by atoms with Crippen LogP contribution in [0.3, 0.4) is 0 Å². The highest BCUT2D eigenvalue weighted by Gasteiger charge is 2.24. The molecule has 0 aliphatic carbocycles. The molecule has 0 spiro atoms. The minimum absolute atomic E-state index is 0.211. The summed E-state index contributed by atoms with van der Waals surface area (Å²) in [6, 6.07) is 6.81. The lowest BCUT2D eigenvalue weighted by molar-refractivity contribution is -0.918. The van der Waals surface area contributed by atoms with Gasteiger partial charge in [-0.2, -0.15) is 0 Å². The normalized spacial score (nSPS) is 15.7. The number of nitrogens with zero attached hydrogens (tertiary/aromatic N) is 1. The molecule has 2 amide bonds. The van der Waals surface area contributed by atoms with E-state index in [-0.39, 0.29) is 17.7 Å². The van der Waals surface area contributed by atoms with E-state index in [1.165, 1.54) is 43.7 Å². The number of amides is 2. The van der Waals surface area contributed by atoms with Gasteiger partial charge in [0.05, 0.1) is 13.1 Å². The minimum Gasteiger partial charge on any atom is -0.340 e. The van der Waals surface area contributed by atoms with Crippen LogP contribution in [0.5, 0.6) is 0 Å². The number of quaternary nitrogens is 1. The van der Waals surface area contributed by atoms with Gasteiger partial charge < -0.3 is 15.5 Å². The van der Waals surface area contributed by atoms with Gasteiger partial charge in [-0.15, -0.1) is 11.3 Å². The van der Waals surface area contributed by atoms with Crippen LogP contribution in [0.2, 0.25) is 0 Å². The molecule has 3 rings (SSSR count). The molecule has 6 nitrogen and oxygen atoms in total. The van der Waals surface area contributed by atoms with E-state index in [4.69, 9.17) is 0 Å². The quantitative estimate of drug-likeness (QED) is 0.604. The summed E-state index contributed by atoms with van der Waals surface area (Å²) in [5, 5.41) is 8.47. The lowest BCUT2D eigenvalue weighted by atomic mass is 10.0. The highest BCUT2D eigenvalue weighted by atomic mass is 32.1. The average Bonchev–Trinajstić information content (AvgIpc) is 3.14. The van der Waals surface area contributed by atoms with E-state index in [0.29, 0.717) is 17.1 Å². The van der Waals surface area contributed by atoms with Crippen LogP contribution in [0.15, 0.2) is 29.6 Å². The molecule has 1 aliphatic heterocycles. The Kier molecular flexibility index (Phi) is 7.99. The van der Waals surface area contributed by atoms with E-state index in [9.17, 15) is 9.59 Å². The molecule has 1 atom stereocenters. The number of likely N-dealkylation sites (tertiary alicyclic amines) is 1. The van der Waals surface area contributed by atoms with Crippen LogP contribution in [0.25, 0.3) is 0 Å². The Morgan fingerprint density at radius 2 is 1.90 bits per heavy atom. The Balaban J connectivity index is 1.62. The first-order valence-electron chi connectivity index (χ1n) is 10.9. The maximum atomic E-state index is 12.9. The molecule has 0 radical (unpaired) electrons. The van der Waals surface area contributed by atoms with Gasteiger partial charge in [-0.3, -0.25) is 9.59 Å². The molecule has 1 saturated heterocycles. The maximum absolute atomic E-state index is 12.9. The first kappa shape index (κ1) is 22.4. The fourth-order valence-corrected chi connectivity index (χ4v) is 4.60. The molecule has 1 aromatic carbocycles. The third-order valence-electron chi connectivity index (χ3n) is 5.49. The van der Waals surface area contributed by atoms with E-state index in [2.05, 4.69) is 15.6 Å². The van der Waals surface area contributed by atoms with Crippen molar-refractivity contribution in [3.05, 3.63) is 46.5 Å². The third kappa shape index (κ3) is 6.37. The van der Waals surface area contributed by atoms with Crippen LogP contribution in [-0.4, -0.2) is 35.9 Å². The molecule has 3 N–H and O–H groups in total. The molecule has 2 aromatic rings. The predicted molar refractivity (Wildman–Crippen MR) is 121 cm³/mol. The van der Waals surface area contributed by atoms with E-state index >= 15 is 0 Å². The van der Waals surface area contributed by atoms with Crippen LogP contribution in [0, 0.1) is 12.8 Å². The number of benzene rings is 1. The van der Waals surface area contributed by atoms with E-state index in [0.717, 1.165) is 17.8 Å². The summed E-state index contributed by atoms with van der Waals surface area (Å²) in [6.07, 6.45) is 4.45. The van der Waals surface area contributed by atoms with Gasteiger partial charge in [0.15, 0.2) is 5.13 Å². The second-order valence-electron chi connectivity index (χ2n) is 8.59. The average molecular weight is 430 g/mol. The molecule has 2 heterocycles. The zero-order chi connectivity index (χ0) is 21.5. The van der Waals surface area contributed by atoms with Crippen molar-refractivity contribution in [3.63, 3.8) is 0 Å². The monoisotopic (exact) mass is 429 g/mol. The summed E-state index contributed by atoms with van der Waals surface area (Å²) in [5.41, 5.74) is 2.51. The lowest BCUT2D eigenvalue weighted by Gasteiger charge is -2.22. The van der Waals surface area contributed by atoms with Crippen molar-refractivity contribution >= 4 is 28.3 Å². The zero-order valence-corrected chi connectivity index (χ0v) is 19.0. The number of hydrogen-bond donors (Lipinski definition) is 3. The molecule has 1 aliphatic rings. The maximum Gasteiger partial charge on any atom is 0.252 e. The Hall–Kier alpha value is -2.25. The van der Waals surface area contributed by atoms with Crippen molar-refractivity contribution in [2.45, 2.75) is 59.0 Å². The fourth-order valence-electron chi connectivity index (χ4n) is 3.89. The molecule has 0 bridgehead atoms. The van der Waals surface area contributed by atoms with Gasteiger partial charge in [-0.05, 0) is 50.2 Å². The molecule has 0 saturated carbocycles. The molecular weight excluding hydrogens is 396 g/mol. The number of thiazole rings is 1. The zero-order valence-electron chi connectivity index (χ0n) is 18.2. The highest BCUT2D eigenvalue weighted by Crippen LogP contribution is 2.17. The summed E-state index contributed by atoms with van der Waals surface area (Å²) in [7, 11) is 0. The number of aromatic nitrogens is 1. The predicted octanol–water partition coefficient (Wildman–Crippen LogP) is 2.80. The van der Waals surface area contributed by atoms with E-state index < -0.39 is 6.04 Å². The van der Waals surface area contributed by atoms with Crippen molar-refractivity contribution in [1.29, 1.82) is 0 Å². The van der Waals surface area contributed by atoms with Crippen LogP contribution in [0.4, 0.5) is 5.13 Å². The molecule has 162 valence electrons. The molecule has 1 fully saturated rings. The number of hydrogen-bond acceptors (Lipinski definition) is 4. The van der Waals surface area contributed by atoms with Crippen molar-refractivity contribution < 1.29 is 14.5 Å². The first-order valence-corrected chi connectivity index (χ1v) is 11.8. The molecule has 1 aromatic heterocycles. The number of carbonyl (C=O) groups excluding carboxylic acids is 2. The summed E-state index contributed by atoms with van der Waals surface area (Å²) >= 11 is 1.45. The third-order valence-corrected chi connectivity index (χ3v) is 6.30. The van der Waals surface area contributed by atoms with Gasteiger partial charge in [0.1, 0.15) is 18.3 Å². The number of aryl methyl sites for hydroxylation is 1. The number of carbonyl (C=O) groups is 2. The first-order chi connectivity index (χ1) is 14.4. The Morgan fingerprint density at radius 3 is 2.60 bits per heavy atom. The van der Waals surface area contributed by atoms with Crippen molar-refractivity contribution in [1.82, 2.24) is 10.3 Å². The summed E-state index contributed by atoms with van der Waals surface area (Å²) in [6.45, 7) is 9.28. The van der Waals surface area contributed by atoms with Crippen molar-refractivity contribution in [3.8, 4) is 0 Å². The molecule has 0 unspecified atom stereocenters. The summed E-state index contributed by atoms with van der Waals surface area (Å²) in [5.74, 6) is -0.160. The van der Waals surface area contributed by atoms with Gasteiger partial charge in [-0.1, -0.05) is 32.0 Å². The Labute approximate surface area is 183 Å². The lowest BCUT2D eigenvalue weighted by Crippen LogP contribution is -3.11. The van der Waals surface area contributed by atoms with Crippen LogP contribution in [0.1, 0.15) is 61.1 Å². The van der Waals surface area contributed by atoms with E-state index in [1.807, 2.05) is 44.4 Å². The SMILES string of the molecule is Cc1ccccc1C(=O)N[C@@H](CC(C)C)C(=O)Nc1nc(C[NH+]2CCCCC2)cs1. The van der Waals surface area contributed by atoms with Crippen molar-refractivity contribution in [2.75, 3.05) is 18.4 Å². The smallest absolute Gasteiger partial charge is 0.252 e. The topological polar surface area (TPSA) is 75.5 Å². The van der Waals surface area contributed by atoms with Crippen LogP contribution < -0.4 is 15.5 Å². The van der Waals surface area contributed by atoms with E-state index in [1.54, 1.807) is 11.0 Å². The summed E-state index contributed by atoms with van der Waals surface area (Å²) < 4.78 is 0. The molecular formula is C23H33N4O2S+. The largest absolute Gasteiger partial charge is 0.340 e. The highest BCUT2D eigenvalue weighted by molar-refractivity contribution is 7.13. The number of piperidine rings is 1. The van der Waals surface area contributed by atoms with Gasteiger partial charge in [0, 0.05) is 10.9 Å². The van der Waals surface area contributed by atoms with Gasteiger partial charge >= 0.3 is 0 Å². The van der Waals surface area contributed by atoms with Crippen LogP contribution >= 0.6 is 11.3 Å². The fraction of sp³-hybridized carbons (Fsp3) is 0.522. The molecule has 30 heavy (non-hydrogen) atoms. The number of anilines is 1. The second-order valence-corrected chi connectivity index (χ2v) is 9.45. The number of rotatable bonds is 8. The van der Waals surface area contributed by atoms with Crippen molar-refractivity contribution in [2.24, 2.45) is 5.92 Å². The Morgan fingerprint density at radius 1 is 1.17 bits per heavy atom. The van der Waals surface area contributed by atoms with Gasteiger partial charge in [0.2, 0.25) is 5.91 Å².